The maximum atomic E-state index is 13.4. The summed E-state index contributed by atoms with van der Waals surface area (Å²) in [5.41, 5.74) is 6.31. The summed E-state index contributed by atoms with van der Waals surface area (Å²) in [5.74, 6) is -1.40. The molecular formula is C16H17FN2O2S. The number of benzene rings is 1. The molecule has 2 amide bonds. The average molecular weight is 320 g/mol. The van der Waals surface area contributed by atoms with E-state index in [4.69, 9.17) is 0 Å². The quantitative estimate of drug-likeness (QED) is 0.854. The van der Waals surface area contributed by atoms with Crippen molar-refractivity contribution in [1.29, 1.82) is 0 Å². The second kappa shape index (κ2) is 6.70. The predicted octanol–water partition coefficient (Wildman–Crippen LogP) is 3.14. The van der Waals surface area contributed by atoms with Crippen LogP contribution in [-0.2, 0) is 6.42 Å². The number of hydrogen-bond acceptors (Lipinski definition) is 3. The first kappa shape index (κ1) is 16.2. The minimum absolute atomic E-state index is 0.153. The van der Waals surface area contributed by atoms with Crippen molar-refractivity contribution in [2.75, 3.05) is 0 Å². The number of halogens is 1. The minimum Gasteiger partial charge on any atom is -0.267 e. The topological polar surface area (TPSA) is 58.2 Å². The van der Waals surface area contributed by atoms with Crippen molar-refractivity contribution in [3.63, 3.8) is 0 Å². The van der Waals surface area contributed by atoms with Crippen molar-refractivity contribution in [3.05, 3.63) is 56.5 Å². The van der Waals surface area contributed by atoms with Crippen LogP contribution < -0.4 is 10.9 Å². The molecule has 0 aliphatic rings. The van der Waals surface area contributed by atoms with Gasteiger partial charge in [-0.1, -0.05) is 13.0 Å². The first-order valence-corrected chi connectivity index (χ1v) is 7.70. The van der Waals surface area contributed by atoms with Gasteiger partial charge in [0.2, 0.25) is 0 Å². The number of hydrazine groups is 1. The molecule has 116 valence electrons. The summed E-state index contributed by atoms with van der Waals surface area (Å²) in [6, 6.07) is 5.95. The van der Waals surface area contributed by atoms with Crippen LogP contribution in [-0.4, -0.2) is 11.8 Å². The van der Waals surface area contributed by atoms with Gasteiger partial charge in [0.05, 0.1) is 4.88 Å². The van der Waals surface area contributed by atoms with E-state index in [9.17, 15) is 14.0 Å². The van der Waals surface area contributed by atoms with Crippen LogP contribution in [0.25, 0.3) is 0 Å². The van der Waals surface area contributed by atoms with Gasteiger partial charge >= 0.3 is 0 Å². The van der Waals surface area contributed by atoms with E-state index in [1.807, 2.05) is 13.8 Å². The lowest BCUT2D eigenvalue weighted by Crippen LogP contribution is -2.41. The molecule has 0 atom stereocenters. The normalized spacial score (nSPS) is 10.4. The second-order valence-electron chi connectivity index (χ2n) is 4.94. The molecule has 0 bridgehead atoms. The van der Waals surface area contributed by atoms with Gasteiger partial charge in [-0.2, -0.15) is 0 Å². The van der Waals surface area contributed by atoms with Crippen molar-refractivity contribution in [3.8, 4) is 0 Å². The number of carbonyl (C=O) groups is 2. The summed E-state index contributed by atoms with van der Waals surface area (Å²) in [4.78, 5) is 25.5. The number of carbonyl (C=O) groups excluding carboxylic acids is 2. The third kappa shape index (κ3) is 3.51. The zero-order chi connectivity index (χ0) is 16.3. The fourth-order valence-corrected chi connectivity index (χ4v) is 2.97. The molecule has 0 saturated carbocycles. The Hall–Kier alpha value is -2.21. The van der Waals surface area contributed by atoms with Crippen molar-refractivity contribution in [2.24, 2.45) is 0 Å². The Morgan fingerprint density at radius 1 is 1.09 bits per heavy atom. The van der Waals surface area contributed by atoms with Crippen LogP contribution in [0.1, 0.15) is 43.0 Å². The molecule has 22 heavy (non-hydrogen) atoms. The highest BCUT2D eigenvalue weighted by Crippen LogP contribution is 2.22. The van der Waals surface area contributed by atoms with Crippen LogP contribution in [0.15, 0.2) is 24.3 Å². The molecule has 0 radical (unpaired) electrons. The minimum atomic E-state index is -0.559. The standard InChI is InChI=1S/C16H17FN2O2S/c1-4-13-10(3)7-14(22-13)16(21)19-18-15(20)11-6-5-9(2)12(17)8-11/h5-8H,4H2,1-3H3,(H,18,20)(H,19,21). The maximum absolute atomic E-state index is 13.4. The van der Waals surface area contributed by atoms with Crippen LogP contribution >= 0.6 is 11.3 Å². The van der Waals surface area contributed by atoms with E-state index in [2.05, 4.69) is 10.9 Å². The molecule has 2 aromatic rings. The summed E-state index contributed by atoms with van der Waals surface area (Å²) in [6.45, 7) is 5.58. The Kier molecular flexibility index (Phi) is 4.92. The summed E-state index contributed by atoms with van der Waals surface area (Å²) >= 11 is 1.40. The molecule has 0 saturated heterocycles. The van der Waals surface area contributed by atoms with Gasteiger partial charge < -0.3 is 0 Å². The number of amides is 2. The van der Waals surface area contributed by atoms with Gasteiger partial charge in [-0.3, -0.25) is 20.4 Å². The molecule has 0 aliphatic heterocycles. The molecule has 6 heteroatoms. The highest BCUT2D eigenvalue weighted by Gasteiger charge is 2.13. The van der Waals surface area contributed by atoms with E-state index >= 15 is 0 Å². The molecule has 0 unspecified atom stereocenters. The second-order valence-corrected chi connectivity index (χ2v) is 6.08. The summed E-state index contributed by atoms with van der Waals surface area (Å²) in [5, 5.41) is 0. The van der Waals surface area contributed by atoms with Crippen LogP contribution in [0.3, 0.4) is 0 Å². The Balaban J connectivity index is 2.00. The zero-order valence-corrected chi connectivity index (χ0v) is 13.4. The Morgan fingerprint density at radius 3 is 2.36 bits per heavy atom. The van der Waals surface area contributed by atoms with E-state index in [0.29, 0.717) is 10.4 Å². The van der Waals surface area contributed by atoms with Crippen LogP contribution in [0.5, 0.6) is 0 Å². The van der Waals surface area contributed by atoms with Gasteiger partial charge in [0, 0.05) is 10.4 Å². The summed E-state index contributed by atoms with van der Waals surface area (Å²) < 4.78 is 13.4. The van der Waals surface area contributed by atoms with Gasteiger partial charge in [0.25, 0.3) is 11.8 Å². The SMILES string of the molecule is CCc1sc(C(=O)NNC(=O)c2ccc(C)c(F)c2)cc1C. The van der Waals surface area contributed by atoms with Gasteiger partial charge in [-0.05, 0) is 49.6 Å². The number of aryl methyl sites for hydroxylation is 3. The van der Waals surface area contributed by atoms with Crippen LogP contribution in [0.2, 0.25) is 0 Å². The molecule has 2 N–H and O–H groups in total. The first-order chi connectivity index (χ1) is 10.4. The highest BCUT2D eigenvalue weighted by molar-refractivity contribution is 7.14. The smallest absolute Gasteiger partial charge is 0.267 e. The van der Waals surface area contributed by atoms with Gasteiger partial charge in [-0.15, -0.1) is 11.3 Å². The lowest BCUT2D eigenvalue weighted by atomic mass is 10.1. The van der Waals surface area contributed by atoms with Gasteiger partial charge in [-0.25, -0.2) is 4.39 Å². The molecule has 1 aromatic carbocycles. The number of nitrogens with one attached hydrogen (secondary N) is 2. The first-order valence-electron chi connectivity index (χ1n) is 6.88. The van der Waals surface area contributed by atoms with E-state index in [0.717, 1.165) is 22.9 Å². The Labute approximate surface area is 132 Å². The molecular weight excluding hydrogens is 303 g/mol. The highest BCUT2D eigenvalue weighted by atomic mass is 32.1. The van der Waals surface area contributed by atoms with E-state index in [1.165, 1.54) is 23.5 Å². The van der Waals surface area contributed by atoms with Crippen molar-refractivity contribution < 1.29 is 14.0 Å². The molecule has 0 aliphatic carbocycles. The van der Waals surface area contributed by atoms with Crippen LogP contribution in [0, 0.1) is 19.7 Å². The fourth-order valence-electron chi connectivity index (χ4n) is 1.96. The predicted molar refractivity (Wildman–Crippen MR) is 84.5 cm³/mol. The largest absolute Gasteiger partial charge is 0.279 e. The number of rotatable bonds is 3. The van der Waals surface area contributed by atoms with Gasteiger partial charge in [0.1, 0.15) is 5.82 Å². The molecule has 4 nitrogen and oxygen atoms in total. The monoisotopic (exact) mass is 320 g/mol. The molecule has 0 spiro atoms. The van der Waals surface area contributed by atoms with E-state index < -0.39 is 11.7 Å². The lowest BCUT2D eigenvalue weighted by Gasteiger charge is -2.07. The van der Waals surface area contributed by atoms with E-state index in [1.54, 1.807) is 13.0 Å². The molecule has 0 fully saturated rings. The molecule has 1 heterocycles. The average Bonchev–Trinajstić information content (AvgIpc) is 2.88. The third-order valence-electron chi connectivity index (χ3n) is 3.29. The van der Waals surface area contributed by atoms with Crippen molar-refractivity contribution in [1.82, 2.24) is 10.9 Å². The summed E-state index contributed by atoms with van der Waals surface area (Å²) in [7, 11) is 0. The maximum Gasteiger partial charge on any atom is 0.279 e. The summed E-state index contributed by atoms with van der Waals surface area (Å²) in [6.07, 6.45) is 0.860. The zero-order valence-electron chi connectivity index (χ0n) is 12.6. The Morgan fingerprint density at radius 2 is 1.77 bits per heavy atom. The third-order valence-corrected chi connectivity index (χ3v) is 4.67. The lowest BCUT2D eigenvalue weighted by molar-refractivity contribution is 0.0848. The van der Waals surface area contributed by atoms with Crippen molar-refractivity contribution >= 4 is 23.2 Å². The number of hydrogen-bond donors (Lipinski definition) is 2. The van der Waals surface area contributed by atoms with Gasteiger partial charge in [0.15, 0.2) is 0 Å². The Bertz CT molecular complexity index is 725. The molecule has 1 aromatic heterocycles. The fraction of sp³-hybridized carbons (Fsp3) is 0.250. The number of thiophene rings is 1. The van der Waals surface area contributed by atoms with Crippen molar-refractivity contribution in [2.45, 2.75) is 27.2 Å². The van der Waals surface area contributed by atoms with E-state index in [-0.39, 0.29) is 11.5 Å². The van der Waals surface area contributed by atoms with Crippen LogP contribution in [0.4, 0.5) is 4.39 Å². The molecule has 2 rings (SSSR count).